The van der Waals surface area contributed by atoms with Crippen LogP contribution in [-0.2, 0) is 4.74 Å². The topological polar surface area (TPSA) is 61.8 Å². The van der Waals surface area contributed by atoms with Crippen molar-refractivity contribution in [2.75, 3.05) is 13.2 Å². The van der Waals surface area contributed by atoms with Crippen molar-refractivity contribution in [3.05, 3.63) is 70.2 Å². The fourth-order valence-electron chi connectivity index (χ4n) is 2.81. The minimum atomic E-state index is -0.512. The first-order valence-electron chi connectivity index (χ1n) is 8.88. The molecule has 0 aromatic heterocycles. The average Bonchev–Trinajstić information content (AvgIpc) is 2.70. The van der Waals surface area contributed by atoms with Crippen LogP contribution < -0.4 is 9.47 Å². The summed E-state index contributed by atoms with van der Waals surface area (Å²) in [6.45, 7) is 4.15. The highest BCUT2D eigenvalue weighted by molar-refractivity contribution is 9.10. The Hall–Kier alpha value is -2.86. The van der Waals surface area contributed by atoms with Crippen molar-refractivity contribution in [2.24, 2.45) is 0 Å². The minimum Gasteiger partial charge on any atom is -0.490 e. The zero-order valence-corrected chi connectivity index (χ0v) is 17.1. The molecule has 144 valence electrons. The molecule has 0 amide bonds. The normalized spacial score (nSPS) is 10.5. The highest BCUT2D eigenvalue weighted by Crippen LogP contribution is 2.38. The van der Waals surface area contributed by atoms with E-state index >= 15 is 0 Å². The van der Waals surface area contributed by atoms with Crippen LogP contribution in [0.15, 0.2) is 59.1 Å². The molecule has 0 saturated heterocycles. The van der Waals surface area contributed by atoms with E-state index in [9.17, 15) is 9.59 Å². The molecule has 0 N–H and O–H groups in total. The number of esters is 2. The Morgan fingerprint density at radius 1 is 0.929 bits per heavy atom. The largest absolute Gasteiger partial charge is 0.490 e. The lowest BCUT2D eigenvalue weighted by Gasteiger charge is -2.14. The van der Waals surface area contributed by atoms with Crippen LogP contribution in [0.25, 0.3) is 10.8 Å². The average molecular weight is 443 g/mol. The molecule has 3 rings (SSSR count). The lowest BCUT2D eigenvalue weighted by Crippen LogP contribution is -2.12. The molecule has 6 heteroatoms. The second kappa shape index (κ2) is 8.89. The highest BCUT2D eigenvalue weighted by Gasteiger charge is 2.21. The number of benzene rings is 3. The van der Waals surface area contributed by atoms with Crippen LogP contribution in [0.3, 0.4) is 0 Å². The van der Waals surface area contributed by atoms with Gasteiger partial charge in [0.05, 0.1) is 28.8 Å². The maximum Gasteiger partial charge on any atom is 0.344 e. The molecule has 28 heavy (non-hydrogen) atoms. The Kier molecular flexibility index (Phi) is 6.31. The SMILES string of the molecule is CCOC(=O)c1cc(Br)c(OC(=O)c2cccc3ccccc23)c(OCC)c1. The maximum absolute atomic E-state index is 12.9. The maximum atomic E-state index is 12.9. The van der Waals surface area contributed by atoms with Crippen LogP contribution in [0, 0.1) is 0 Å². The van der Waals surface area contributed by atoms with Gasteiger partial charge in [-0.05, 0) is 58.7 Å². The Morgan fingerprint density at radius 3 is 2.43 bits per heavy atom. The Balaban J connectivity index is 1.98. The molecule has 0 spiro atoms. The number of hydrogen-bond donors (Lipinski definition) is 0. The molecule has 0 unspecified atom stereocenters. The highest BCUT2D eigenvalue weighted by atomic mass is 79.9. The summed E-state index contributed by atoms with van der Waals surface area (Å²) in [5.41, 5.74) is 0.754. The van der Waals surface area contributed by atoms with Crippen LogP contribution >= 0.6 is 15.9 Å². The minimum absolute atomic E-state index is 0.216. The molecule has 3 aromatic carbocycles. The van der Waals surface area contributed by atoms with E-state index in [-0.39, 0.29) is 18.1 Å². The number of hydrogen-bond acceptors (Lipinski definition) is 5. The zero-order chi connectivity index (χ0) is 20.1. The summed E-state index contributed by atoms with van der Waals surface area (Å²) in [7, 11) is 0. The molecule has 0 heterocycles. The van der Waals surface area contributed by atoms with Crippen molar-refractivity contribution < 1.29 is 23.8 Å². The molecule has 5 nitrogen and oxygen atoms in total. The summed E-state index contributed by atoms with van der Waals surface area (Å²) in [5, 5.41) is 1.74. The third-order valence-corrected chi connectivity index (χ3v) is 4.61. The van der Waals surface area contributed by atoms with Gasteiger partial charge in [0.25, 0.3) is 0 Å². The molecule has 0 saturated carbocycles. The van der Waals surface area contributed by atoms with E-state index in [0.29, 0.717) is 22.2 Å². The number of carbonyl (C=O) groups excluding carboxylic acids is 2. The molecule has 0 aliphatic rings. The van der Waals surface area contributed by atoms with Crippen molar-refractivity contribution in [3.8, 4) is 11.5 Å². The molecule has 0 atom stereocenters. The summed E-state index contributed by atoms with van der Waals surface area (Å²) in [6.07, 6.45) is 0. The van der Waals surface area contributed by atoms with E-state index in [4.69, 9.17) is 14.2 Å². The number of halogens is 1. The van der Waals surface area contributed by atoms with Crippen molar-refractivity contribution in [2.45, 2.75) is 13.8 Å². The molecule has 0 aliphatic heterocycles. The molecule has 0 fully saturated rings. The first kappa shape index (κ1) is 19.9. The number of rotatable bonds is 6. The molecular formula is C22H19BrO5. The lowest BCUT2D eigenvalue weighted by molar-refractivity contribution is 0.0525. The zero-order valence-electron chi connectivity index (χ0n) is 15.5. The van der Waals surface area contributed by atoms with Gasteiger partial charge in [0.1, 0.15) is 0 Å². The van der Waals surface area contributed by atoms with Crippen LogP contribution in [0.1, 0.15) is 34.6 Å². The summed E-state index contributed by atoms with van der Waals surface area (Å²) >= 11 is 3.37. The second-order valence-electron chi connectivity index (χ2n) is 5.86. The monoisotopic (exact) mass is 442 g/mol. The van der Waals surface area contributed by atoms with Gasteiger partial charge in [0, 0.05) is 0 Å². The van der Waals surface area contributed by atoms with Crippen LogP contribution in [0.2, 0.25) is 0 Å². The Morgan fingerprint density at radius 2 is 1.68 bits per heavy atom. The number of ether oxygens (including phenoxy) is 3. The van der Waals surface area contributed by atoms with Gasteiger partial charge in [-0.1, -0.05) is 36.4 Å². The first-order valence-corrected chi connectivity index (χ1v) is 9.67. The van der Waals surface area contributed by atoms with E-state index in [1.807, 2.05) is 30.3 Å². The molecule has 3 aromatic rings. The van der Waals surface area contributed by atoms with Crippen molar-refractivity contribution in [1.29, 1.82) is 0 Å². The fourth-order valence-corrected chi connectivity index (χ4v) is 3.34. The summed E-state index contributed by atoms with van der Waals surface area (Å²) in [5.74, 6) is -0.486. The van der Waals surface area contributed by atoms with Crippen LogP contribution in [0.4, 0.5) is 0 Å². The van der Waals surface area contributed by atoms with Crippen molar-refractivity contribution in [1.82, 2.24) is 0 Å². The van der Waals surface area contributed by atoms with Gasteiger partial charge in [0.15, 0.2) is 11.5 Å². The summed E-state index contributed by atoms with van der Waals surface area (Å²) in [4.78, 5) is 24.9. The van der Waals surface area contributed by atoms with E-state index in [1.165, 1.54) is 6.07 Å². The van der Waals surface area contributed by atoms with Crippen LogP contribution in [-0.4, -0.2) is 25.2 Å². The van der Waals surface area contributed by atoms with Gasteiger partial charge in [-0.2, -0.15) is 0 Å². The molecule has 0 radical (unpaired) electrons. The quantitative estimate of drug-likeness (QED) is 0.377. The number of carbonyl (C=O) groups is 2. The third kappa shape index (κ3) is 4.17. The number of fused-ring (bicyclic) bond motifs is 1. The fraction of sp³-hybridized carbons (Fsp3) is 0.182. The standard InChI is InChI=1S/C22H19BrO5/c1-3-26-19-13-15(21(24)27-4-2)12-18(23)20(19)28-22(25)17-11-7-9-14-8-5-6-10-16(14)17/h5-13H,3-4H2,1-2H3. The van der Waals surface area contributed by atoms with Gasteiger partial charge in [0.2, 0.25) is 0 Å². The van der Waals surface area contributed by atoms with E-state index in [0.717, 1.165) is 10.8 Å². The van der Waals surface area contributed by atoms with Gasteiger partial charge < -0.3 is 14.2 Å². The van der Waals surface area contributed by atoms with Gasteiger partial charge >= 0.3 is 11.9 Å². The van der Waals surface area contributed by atoms with Gasteiger partial charge in [-0.25, -0.2) is 9.59 Å². The van der Waals surface area contributed by atoms with Crippen molar-refractivity contribution in [3.63, 3.8) is 0 Å². The van der Waals surface area contributed by atoms with E-state index in [2.05, 4.69) is 15.9 Å². The summed E-state index contributed by atoms with van der Waals surface area (Å²) in [6, 6.07) is 16.1. The van der Waals surface area contributed by atoms with Gasteiger partial charge in [-0.15, -0.1) is 0 Å². The first-order chi connectivity index (χ1) is 13.5. The summed E-state index contributed by atoms with van der Waals surface area (Å²) < 4.78 is 16.7. The lowest BCUT2D eigenvalue weighted by atomic mass is 10.0. The molecule has 0 bridgehead atoms. The van der Waals surface area contributed by atoms with Crippen molar-refractivity contribution >= 4 is 38.6 Å². The van der Waals surface area contributed by atoms with E-state index in [1.54, 1.807) is 32.0 Å². The molecular weight excluding hydrogens is 424 g/mol. The van der Waals surface area contributed by atoms with E-state index < -0.39 is 11.9 Å². The smallest absolute Gasteiger partial charge is 0.344 e. The Labute approximate surface area is 171 Å². The Bertz CT molecular complexity index is 1020. The predicted molar refractivity (Wildman–Crippen MR) is 110 cm³/mol. The molecule has 0 aliphatic carbocycles. The second-order valence-corrected chi connectivity index (χ2v) is 6.71. The van der Waals surface area contributed by atoms with Gasteiger partial charge in [-0.3, -0.25) is 0 Å². The third-order valence-electron chi connectivity index (χ3n) is 4.02. The predicted octanol–water partition coefficient (Wildman–Crippen LogP) is 5.40. The van der Waals surface area contributed by atoms with Crippen LogP contribution in [0.5, 0.6) is 11.5 Å².